The van der Waals surface area contributed by atoms with Crippen molar-refractivity contribution in [2.75, 3.05) is 13.1 Å². The molecule has 1 aromatic heterocycles. The highest BCUT2D eigenvalue weighted by molar-refractivity contribution is 5.06. The zero-order valence-corrected chi connectivity index (χ0v) is 8.62. The number of piperidine rings is 1. The minimum Gasteiger partial charge on any atom is -0.368 e. The van der Waals surface area contributed by atoms with Crippen LogP contribution in [-0.4, -0.2) is 24.2 Å². The number of H-pyrrole nitrogens is 1. The summed E-state index contributed by atoms with van der Waals surface area (Å²) in [6.07, 6.45) is 4.89. The van der Waals surface area contributed by atoms with Crippen LogP contribution in [0.4, 0.5) is 0 Å². The van der Waals surface area contributed by atoms with Crippen LogP contribution < -0.4 is 5.32 Å². The molecule has 0 saturated carbocycles. The van der Waals surface area contributed by atoms with Gasteiger partial charge in [-0.3, -0.25) is 0 Å². The Hall–Kier alpha value is -0.800. The van der Waals surface area contributed by atoms with E-state index in [1.807, 2.05) is 12.3 Å². The van der Waals surface area contributed by atoms with Crippen LogP contribution in [-0.2, 0) is 4.74 Å². The molecule has 0 aromatic carbocycles. The number of aromatic nitrogens is 1. The molecule has 2 N–H and O–H groups in total. The third-order valence-electron chi connectivity index (χ3n) is 2.71. The average Bonchev–Trinajstić information content (AvgIpc) is 2.72. The van der Waals surface area contributed by atoms with Crippen molar-refractivity contribution in [3.05, 3.63) is 24.0 Å². The van der Waals surface area contributed by atoms with Crippen LogP contribution in [0.3, 0.4) is 0 Å². The summed E-state index contributed by atoms with van der Waals surface area (Å²) >= 11 is 0. The summed E-state index contributed by atoms with van der Waals surface area (Å²) in [7, 11) is 0. The van der Waals surface area contributed by atoms with Gasteiger partial charge in [0.1, 0.15) is 0 Å². The molecular formula is C11H18N2O. The molecule has 14 heavy (non-hydrogen) atoms. The molecule has 1 fully saturated rings. The van der Waals surface area contributed by atoms with Gasteiger partial charge in [0.15, 0.2) is 0 Å². The maximum atomic E-state index is 5.94. The van der Waals surface area contributed by atoms with Crippen LogP contribution in [0.1, 0.15) is 31.6 Å². The standard InChI is InChI=1S/C11H18N2O/c1-9(11-5-3-7-13-11)14-10-4-2-6-12-8-10/h3,5,7,9-10,12-13H,2,4,6,8H2,1H3/t9?,10-/m1/s1. The normalized spacial score (nSPS) is 24.8. The van der Waals surface area contributed by atoms with E-state index in [4.69, 9.17) is 4.74 Å². The van der Waals surface area contributed by atoms with E-state index in [1.165, 1.54) is 12.8 Å². The lowest BCUT2D eigenvalue weighted by Gasteiger charge is -2.26. The molecule has 0 amide bonds. The first kappa shape index (κ1) is 9.74. The van der Waals surface area contributed by atoms with Gasteiger partial charge >= 0.3 is 0 Å². The molecule has 3 heteroatoms. The molecule has 0 radical (unpaired) electrons. The number of nitrogens with one attached hydrogen (secondary N) is 2. The lowest BCUT2D eigenvalue weighted by atomic mass is 10.1. The molecule has 1 unspecified atom stereocenters. The molecule has 2 rings (SSSR count). The monoisotopic (exact) mass is 194 g/mol. The number of rotatable bonds is 3. The zero-order chi connectivity index (χ0) is 9.80. The number of hydrogen-bond acceptors (Lipinski definition) is 2. The van der Waals surface area contributed by atoms with E-state index < -0.39 is 0 Å². The Morgan fingerprint density at radius 3 is 3.14 bits per heavy atom. The second-order valence-corrected chi connectivity index (χ2v) is 3.87. The Morgan fingerprint density at radius 2 is 2.50 bits per heavy atom. The summed E-state index contributed by atoms with van der Waals surface area (Å²) in [6.45, 7) is 4.22. The van der Waals surface area contributed by atoms with E-state index in [9.17, 15) is 0 Å². The summed E-state index contributed by atoms with van der Waals surface area (Å²) in [6, 6.07) is 4.08. The lowest BCUT2D eigenvalue weighted by molar-refractivity contribution is -0.0167. The van der Waals surface area contributed by atoms with Crippen LogP contribution in [0.2, 0.25) is 0 Å². The average molecular weight is 194 g/mol. The number of ether oxygens (including phenoxy) is 1. The minimum atomic E-state index is 0.176. The van der Waals surface area contributed by atoms with Gasteiger partial charge in [-0.2, -0.15) is 0 Å². The first-order chi connectivity index (χ1) is 6.86. The maximum absolute atomic E-state index is 5.94. The summed E-state index contributed by atoms with van der Waals surface area (Å²) in [5, 5.41) is 3.35. The second-order valence-electron chi connectivity index (χ2n) is 3.87. The van der Waals surface area contributed by atoms with Gasteiger partial charge < -0.3 is 15.0 Å². The van der Waals surface area contributed by atoms with E-state index in [0.29, 0.717) is 6.10 Å². The molecule has 78 valence electrons. The van der Waals surface area contributed by atoms with Gasteiger partial charge in [0, 0.05) is 18.4 Å². The van der Waals surface area contributed by atoms with E-state index in [1.54, 1.807) is 0 Å². The summed E-state index contributed by atoms with van der Waals surface area (Å²) in [5.41, 5.74) is 1.16. The van der Waals surface area contributed by atoms with Crippen molar-refractivity contribution in [3.63, 3.8) is 0 Å². The second kappa shape index (κ2) is 4.62. The molecule has 1 aliphatic rings. The van der Waals surface area contributed by atoms with Gasteiger partial charge in [0.2, 0.25) is 0 Å². The first-order valence-electron chi connectivity index (χ1n) is 5.36. The third-order valence-corrected chi connectivity index (χ3v) is 2.71. The highest BCUT2D eigenvalue weighted by Crippen LogP contribution is 2.19. The van der Waals surface area contributed by atoms with Crippen LogP contribution in [0.15, 0.2) is 18.3 Å². The molecule has 1 aliphatic heterocycles. The third kappa shape index (κ3) is 2.36. The summed E-state index contributed by atoms with van der Waals surface area (Å²) in [5.74, 6) is 0. The van der Waals surface area contributed by atoms with Crippen LogP contribution in [0.5, 0.6) is 0 Å². The zero-order valence-electron chi connectivity index (χ0n) is 8.62. The van der Waals surface area contributed by atoms with Crippen molar-refractivity contribution in [2.45, 2.75) is 32.0 Å². The van der Waals surface area contributed by atoms with E-state index in [-0.39, 0.29) is 6.10 Å². The molecule has 2 heterocycles. The molecule has 1 saturated heterocycles. The number of hydrogen-bond donors (Lipinski definition) is 2. The summed E-state index contributed by atoms with van der Waals surface area (Å²) < 4.78 is 5.94. The van der Waals surface area contributed by atoms with Gasteiger partial charge in [0.05, 0.1) is 12.2 Å². The van der Waals surface area contributed by atoms with Crippen molar-refractivity contribution < 1.29 is 4.74 Å². The summed E-state index contributed by atoms with van der Waals surface area (Å²) in [4.78, 5) is 3.18. The Labute approximate surface area is 84.9 Å². The Morgan fingerprint density at radius 1 is 1.57 bits per heavy atom. The Kier molecular flexibility index (Phi) is 3.22. The Balaban J connectivity index is 1.84. The predicted molar refractivity (Wildman–Crippen MR) is 56.2 cm³/mol. The fourth-order valence-corrected chi connectivity index (χ4v) is 1.90. The largest absolute Gasteiger partial charge is 0.368 e. The van der Waals surface area contributed by atoms with Crippen molar-refractivity contribution in [3.8, 4) is 0 Å². The first-order valence-corrected chi connectivity index (χ1v) is 5.36. The maximum Gasteiger partial charge on any atom is 0.0948 e. The van der Waals surface area contributed by atoms with E-state index in [2.05, 4.69) is 23.3 Å². The fraction of sp³-hybridized carbons (Fsp3) is 0.636. The quantitative estimate of drug-likeness (QED) is 0.770. The minimum absolute atomic E-state index is 0.176. The van der Waals surface area contributed by atoms with Crippen molar-refractivity contribution in [1.29, 1.82) is 0 Å². The fourth-order valence-electron chi connectivity index (χ4n) is 1.90. The topological polar surface area (TPSA) is 37.0 Å². The molecule has 2 atom stereocenters. The van der Waals surface area contributed by atoms with E-state index >= 15 is 0 Å². The SMILES string of the molecule is CC(O[C@@H]1CCCNC1)c1ccc[nH]1. The van der Waals surface area contributed by atoms with Gasteiger partial charge in [0.25, 0.3) is 0 Å². The molecular weight excluding hydrogens is 176 g/mol. The smallest absolute Gasteiger partial charge is 0.0948 e. The lowest BCUT2D eigenvalue weighted by Crippen LogP contribution is -2.35. The van der Waals surface area contributed by atoms with Crippen molar-refractivity contribution in [2.24, 2.45) is 0 Å². The van der Waals surface area contributed by atoms with Crippen LogP contribution >= 0.6 is 0 Å². The predicted octanol–water partition coefficient (Wildman–Crippen LogP) is 1.84. The highest BCUT2D eigenvalue weighted by atomic mass is 16.5. The highest BCUT2D eigenvalue weighted by Gasteiger charge is 2.17. The molecule has 3 nitrogen and oxygen atoms in total. The molecule has 0 aliphatic carbocycles. The molecule has 0 spiro atoms. The van der Waals surface area contributed by atoms with Crippen molar-refractivity contribution >= 4 is 0 Å². The number of aromatic amines is 1. The molecule has 0 bridgehead atoms. The van der Waals surface area contributed by atoms with Crippen LogP contribution in [0.25, 0.3) is 0 Å². The van der Waals surface area contributed by atoms with E-state index in [0.717, 1.165) is 18.8 Å². The molecule has 1 aromatic rings. The van der Waals surface area contributed by atoms with Gasteiger partial charge in [-0.15, -0.1) is 0 Å². The Bertz CT molecular complexity index is 252. The van der Waals surface area contributed by atoms with Gasteiger partial charge in [-0.05, 0) is 38.4 Å². The van der Waals surface area contributed by atoms with Gasteiger partial charge in [-0.25, -0.2) is 0 Å². The van der Waals surface area contributed by atoms with Crippen molar-refractivity contribution in [1.82, 2.24) is 10.3 Å². The van der Waals surface area contributed by atoms with Crippen LogP contribution in [0, 0.1) is 0 Å². The van der Waals surface area contributed by atoms with Gasteiger partial charge in [-0.1, -0.05) is 0 Å².